The lowest BCUT2D eigenvalue weighted by Gasteiger charge is -2.13. The predicted octanol–water partition coefficient (Wildman–Crippen LogP) is 1.07. The molecule has 0 aromatic heterocycles. The summed E-state index contributed by atoms with van der Waals surface area (Å²) in [7, 11) is 4.78. The number of hydrogen-bond donors (Lipinski definition) is 4. The zero-order valence-electron chi connectivity index (χ0n) is 12.3. The highest BCUT2D eigenvalue weighted by molar-refractivity contribution is 6.02. The van der Waals surface area contributed by atoms with E-state index in [-0.39, 0.29) is 37.2 Å². The third-order valence-corrected chi connectivity index (χ3v) is 2.82. The SMILES string of the molecule is CNc1cc(NC)c(C(=O)NCCC(=O)OC)cc1N.Cl. The van der Waals surface area contributed by atoms with Crippen molar-refractivity contribution in [3.05, 3.63) is 17.7 Å². The van der Waals surface area contributed by atoms with Gasteiger partial charge in [-0.3, -0.25) is 9.59 Å². The Morgan fingerprint density at radius 2 is 1.81 bits per heavy atom. The van der Waals surface area contributed by atoms with E-state index in [0.29, 0.717) is 16.9 Å². The second-order valence-electron chi connectivity index (χ2n) is 4.07. The van der Waals surface area contributed by atoms with Gasteiger partial charge < -0.3 is 26.4 Å². The molecule has 21 heavy (non-hydrogen) atoms. The van der Waals surface area contributed by atoms with E-state index in [1.807, 2.05) is 0 Å². The van der Waals surface area contributed by atoms with Gasteiger partial charge in [0, 0.05) is 26.3 Å². The van der Waals surface area contributed by atoms with Gasteiger partial charge in [-0.15, -0.1) is 12.4 Å². The molecule has 0 spiro atoms. The van der Waals surface area contributed by atoms with Crippen LogP contribution in [0.2, 0.25) is 0 Å². The Hall–Kier alpha value is -2.15. The summed E-state index contributed by atoms with van der Waals surface area (Å²) in [5, 5.41) is 8.53. The zero-order valence-corrected chi connectivity index (χ0v) is 13.1. The number of ether oxygens (including phenoxy) is 1. The van der Waals surface area contributed by atoms with Gasteiger partial charge in [-0.05, 0) is 12.1 Å². The molecule has 8 heteroatoms. The van der Waals surface area contributed by atoms with Crippen molar-refractivity contribution in [1.29, 1.82) is 0 Å². The number of hydrogen-bond acceptors (Lipinski definition) is 6. The molecule has 7 nitrogen and oxygen atoms in total. The third-order valence-electron chi connectivity index (χ3n) is 2.82. The molecule has 0 radical (unpaired) electrons. The van der Waals surface area contributed by atoms with Crippen LogP contribution in [0.15, 0.2) is 12.1 Å². The molecule has 5 N–H and O–H groups in total. The summed E-state index contributed by atoms with van der Waals surface area (Å²) >= 11 is 0. The van der Waals surface area contributed by atoms with Gasteiger partial charge >= 0.3 is 5.97 Å². The van der Waals surface area contributed by atoms with Gasteiger partial charge in [0.15, 0.2) is 0 Å². The number of methoxy groups -OCH3 is 1. The number of nitrogens with two attached hydrogens (primary N) is 1. The number of carbonyl (C=O) groups is 2. The number of nitrogens with one attached hydrogen (secondary N) is 3. The predicted molar refractivity (Wildman–Crippen MR) is 86.2 cm³/mol. The largest absolute Gasteiger partial charge is 0.469 e. The van der Waals surface area contributed by atoms with Gasteiger partial charge in [0.1, 0.15) is 0 Å². The molecule has 1 amide bonds. The minimum absolute atomic E-state index is 0. The Morgan fingerprint density at radius 3 is 2.33 bits per heavy atom. The van der Waals surface area contributed by atoms with Crippen LogP contribution in [-0.2, 0) is 9.53 Å². The van der Waals surface area contributed by atoms with Gasteiger partial charge in [0.25, 0.3) is 5.91 Å². The van der Waals surface area contributed by atoms with Crippen LogP contribution in [0, 0.1) is 0 Å². The lowest BCUT2D eigenvalue weighted by molar-refractivity contribution is -0.140. The molecule has 0 aliphatic carbocycles. The molecule has 1 aromatic rings. The molecule has 0 fully saturated rings. The van der Waals surface area contributed by atoms with Crippen molar-refractivity contribution in [3.8, 4) is 0 Å². The Labute approximate surface area is 130 Å². The van der Waals surface area contributed by atoms with Crippen LogP contribution < -0.4 is 21.7 Å². The monoisotopic (exact) mass is 316 g/mol. The van der Waals surface area contributed by atoms with E-state index in [4.69, 9.17) is 5.73 Å². The van der Waals surface area contributed by atoms with E-state index < -0.39 is 0 Å². The quantitative estimate of drug-likeness (QED) is 0.462. The van der Waals surface area contributed by atoms with Crippen LogP contribution in [0.3, 0.4) is 0 Å². The van der Waals surface area contributed by atoms with Crippen molar-refractivity contribution >= 4 is 41.3 Å². The molecule has 118 valence electrons. The lowest BCUT2D eigenvalue weighted by atomic mass is 10.1. The van der Waals surface area contributed by atoms with Gasteiger partial charge in [0.2, 0.25) is 0 Å². The van der Waals surface area contributed by atoms with Crippen LogP contribution in [0.4, 0.5) is 17.1 Å². The van der Waals surface area contributed by atoms with E-state index in [1.165, 1.54) is 7.11 Å². The number of anilines is 3. The molecule has 1 rings (SSSR count). The molecule has 0 aliphatic heterocycles. The second-order valence-corrected chi connectivity index (χ2v) is 4.07. The van der Waals surface area contributed by atoms with Crippen molar-refractivity contribution in [3.63, 3.8) is 0 Å². The third kappa shape index (κ3) is 5.03. The molecule has 0 bridgehead atoms. The van der Waals surface area contributed by atoms with E-state index >= 15 is 0 Å². The van der Waals surface area contributed by atoms with E-state index in [1.54, 1.807) is 26.2 Å². The molecule has 1 aromatic carbocycles. The lowest BCUT2D eigenvalue weighted by Crippen LogP contribution is -2.27. The first-order valence-electron chi connectivity index (χ1n) is 6.17. The van der Waals surface area contributed by atoms with Crippen LogP contribution in [0.1, 0.15) is 16.8 Å². The van der Waals surface area contributed by atoms with Crippen molar-refractivity contribution in [2.45, 2.75) is 6.42 Å². The van der Waals surface area contributed by atoms with Gasteiger partial charge in [-0.2, -0.15) is 0 Å². The Morgan fingerprint density at radius 1 is 1.19 bits per heavy atom. The first kappa shape index (κ1) is 18.9. The molecule has 0 heterocycles. The molecule has 0 aliphatic rings. The smallest absolute Gasteiger partial charge is 0.307 e. The van der Waals surface area contributed by atoms with Gasteiger partial charge in [-0.1, -0.05) is 0 Å². The molecule has 0 saturated heterocycles. The number of amides is 1. The van der Waals surface area contributed by atoms with Crippen molar-refractivity contribution < 1.29 is 14.3 Å². The summed E-state index contributed by atoms with van der Waals surface area (Å²) in [5.41, 5.74) is 8.14. The molecular formula is C13H21ClN4O3. The maximum absolute atomic E-state index is 12.1. The number of nitrogen functional groups attached to an aromatic ring is 1. The number of halogens is 1. The highest BCUT2D eigenvalue weighted by Crippen LogP contribution is 2.26. The van der Waals surface area contributed by atoms with Crippen LogP contribution in [-0.4, -0.2) is 39.6 Å². The van der Waals surface area contributed by atoms with Crippen LogP contribution >= 0.6 is 12.4 Å². The Balaban J connectivity index is 0.00000400. The zero-order chi connectivity index (χ0) is 15.1. The molecule has 0 atom stereocenters. The summed E-state index contributed by atoms with van der Waals surface area (Å²) in [5.74, 6) is -0.670. The Bertz CT molecular complexity index is 508. The topological polar surface area (TPSA) is 105 Å². The van der Waals surface area contributed by atoms with E-state index in [0.717, 1.165) is 5.69 Å². The summed E-state index contributed by atoms with van der Waals surface area (Å²) in [4.78, 5) is 23.0. The maximum atomic E-state index is 12.1. The fourth-order valence-corrected chi connectivity index (χ4v) is 1.70. The fourth-order valence-electron chi connectivity index (χ4n) is 1.70. The normalized spacial score (nSPS) is 9.29. The highest BCUT2D eigenvalue weighted by atomic mass is 35.5. The van der Waals surface area contributed by atoms with E-state index in [9.17, 15) is 9.59 Å². The van der Waals surface area contributed by atoms with Crippen LogP contribution in [0.5, 0.6) is 0 Å². The number of carbonyl (C=O) groups excluding carboxylic acids is 2. The van der Waals surface area contributed by atoms with Crippen molar-refractivity contribution in [2.24, 2.45) is 0 Å². The number of rotatable bonds is 6. The van der Waals surface area contributed by atoms with Crippen LogP contribution in [0.25, 0.3) is 0 Å². The summed E-state index contributed by atoms with van der Waals surface area (Å²) in [6.07, 6.45) is 0.126. The summed E-state index contributed by atoms with van der Waals surface area (Å²) in [6.45, 7) is 0.211. The standard InChI is InChI=1S/C13H20N4O3.ClH/c1-15-10-7-11(16-2)9(14)6-8(10)13(19)17-5-4-12(18)20-3;/h6-7,15-16H,4-5,14H2,1-3H3,(H,17,19);1H. The average molecular weight is 317 g/mol. The minimum atomic E-state index is -0.371. The number of esters is 1. The van der Waals surface area contributed by atoms with Gasteiger partial charge in [0.05, 0.1) is 30.5 Å². The highest BCUT2D eigenvalue weighted by Gasteiger charge is 2.14. The Kier molecular flexibility index (Phi) is 8.00. The molecule has 0 saturated carbocycles. The van der Waals surface area contributed by atoms with Crippen molar-refractivity contribution in [1.82, 2.24) is 5.32 Å². The molecule has 0 unspecified atom stereocenters. The summed E-state index contributed by atoms with van der Waals surface area (Å²) in [6, 6.07) is 3.34. The first-order valence-corrected chi connectivity index (χ1v) is 6.17. The van der Waals surface area contributed by atoms with E-state index in [2.05, 4.69) is 20.7 Å². The number of benzene rings is 1. The first-order chi connectivity index (χ1) is 9.53. The van der Waals surface area contributed by atoms with Crippen molar-refractivity contribution in [2.75, 3.05) is 44.1 Å². The molecular weight excluding hydrogens is 296 g/mol. The summed E-state index contributed by atoms with van der Waals surface area (Å²) < 4.78 is 4.50. The fraction of sp³-hybridized carbons (Fsp3) is 0.385. The van der Waals surface area contributed by atoms with Gasteiger partial charge in [-0.25, -0.2) is 0 Å². The minimum Gasteiger partial charge on any atom is -0.469 e. The second kappa shape index (κ2) is 8.91. The maximum Gasteiger partial charge on any atom is 0.307 e. The average Bonchev–Trinajstić information content (AvgIpc) is 2.46.